The van der Waals surface area contributed by atoms with Gasteiger partial charge in [0.2, 0.25) is 0 Å². The summed E-state index contributed by atoms with van der Waals surface area (Å²) in [6, 6.07) is 4.69. The predicted molar refractivity (Wildman–Crippen MR) is 162 cm³/mol. The topological polar surface area (TPSA) is 72.0 Å². The van der Waals surface area contributed by atoms with E-state index in [1.165, 1.54) is 27.8 Å². The second-order valence-corrected chi connectivity index (χ2v) is 13.6. The first-order valence-electron chi connectivity index (χ1n) is 14.1. The molecule has 0 unspecified atom stereocenters. The predicted octanol–water partition coefficient (Wildman–Crippen LogP) is 6.65. The Morgan fingerprint density at radius 3 is 2.26 bits per heavy atom. The van der Waals surface area contributed by atoms with Crippen molar-refractivity contribution in [2.75, 3.05) is 19.6 Å². The minimum Gasteiger partial charge on any atom is -0.474 e. The van der Waals surface area contributed by atoms with Crippen molar-refractivity contribution in [1.29, 1.82) is 0 Å². The van der Waals surface area contributed by atoms with E-state index in [1.807, 2.05) is 12.4 Å². The maximum atomic E-state index is 6.09. The molecule has 1 aromatic carbocycles. The van der Waals surface area contributed by atoms with Crippen molar-refractivity contribution in [1.82, 2.24) is 25.6 Å². The second-order valence-electron chi connectivity index (χ2n) is 12.6. The molecular weight excluding hydrogens is 502 g/mol. The van der Waals surface area contributed by atoms with Crippen molar-refractivity contribution in [3.63, 3.8) is 0 Å². The second kappa shape index (κ2) is 12.2. The Morgan fingerprint density at radius 1 is 0.897 bits per heavy atom. The lowest BCUT2D eigenvalue weighted by molar-refractivity contribution is 0.0396. The highest BCUT2D eigenvalue weighted by Gasteiger charge is 2.23. The molecule has 7 heteroatoms. The zero-order chi connectivity index (χ0) is 28.2. The molecule has 0 radical (unpaired) electrons. The fraction of sp³-hybridized carbons (Fsp3) is 0.531. The molecule has 0 spiro atoms. The summed E-state index contributed by atoms with van der Waals surface area (Å²) in [5.41, 5.74) is 9.37. The van der Waals surface area contributed by atoms with Gasteiger partial charge >= 0.3 is 0 Å². The minimum atomic E-state index is -0.165. The van der Waals surface area contributed by atoms with Crippen LogP contribution in [0.5, 0.6) is 0 Å². The molecule has 3 aromatic rings. The summed E-state index contributed by atoms with van der Waals surface area (Å²) in [6.45, 7) is 19.9. The van der Waals surface area contributed by atoms with Gasteiger partial charge in [-0.2, -0.15) is 0 Å². The number of nitrogens with zero attached hydrogens (tertiary/aromatic N) is 3. The molecule has 0 amide bonds. The third-order valence-electron chi connectivity index (χ3n) is 6.76. The molecule has 2 heterocycles. The van der Waals surface area contributed by atoms with Crippen LogP contribution in [0.4, 0.5) is 0 Å². The van der Waals surface area contributed by atoms with E-state index in [1.54, 1.807) is 11.3 Å². The molecule has 1 fully saturated rings. The van der Waals surface area contributed by atoms with Crippen LogP contribution < -0.4 is 10.6 Å². The summed E-state index contributed by atoms with van der Waals surface area (Å²) < 4.78 is 6.09. The van der Waals surface area contributed by atoms with Crippen molar-refractivity contribution in [3.8, 4) is 11.4 Å². The van der Waals surface area contributed by atoms with E-state index in [0.29, 0.717) is 0 Å². The monoisotopic (exact) mass is 547 g/mol. The van der Waals surface area contributed by atoms with Crippen LogP contribution in [0.25, 0.3) is 11.4 Å². The molecule has 0 saturated heterocycles. The Balaban J connectivity index is 1.27. The molecule has 6 nitrogen and oxygen atoms in total. The number of hydrogen-bond acceptors (Lipinski definition) is 7. The molecule has 4 rings (SSSR count). The molecule has 0 bridgehead atoms. The molecule has 210 valence electrons. The molecule has 1 aliphatic carbocycles. The molecule has 0 aliphatic heterocycles. The van der Waals surface area contributed by atoms with Crippen LogP contribution in [-0.4, -0.2) is 40.2 Å². The maximum absolute atomic E-state index is 6.09. The molecule has 0 atom stereocenters. The minimum absolute atomic E-state index is 0.00743. The number of thiazole rings is 1. The lowest BCUT2D eigenvalue weighted by Crippen LogP contribution is -2.32. The maximum Gasteiger partial charge on any atom is 0.186 e. The van der Waals surface area contributed by atoms with Crippen molar-refractivity contribution < 1.29 is 4.74 Å². The Morgan fingerprint density at radius 2 is 1.62 bits per heavy atom. The van der Waals surface area contributed by atoms with Gasteiger partial charge in [-0.25, -0.2) is 4.98 Å². The molecule has 39 heavy (non-hydrogen) atoms. The van der Waals surface area contributed by atoms with Crippen molar-refractivity contribution in [2.45, 2.75) is 92.1 Å². The van der Waals surface area contributed by atoms with Crippen LogP contribution in [0.1, 0.15) is 87.3 Å². The first kappa shape index (κ1) is 29.2. The van der Waals surface area contributed by atoms with Crippen LogP contribution in [0.2, 0.25) is 0 Å². The van der Waals surface area contributed by atoms with Crippen LogP contribution in [0, 0.1) is 13.8 Å². The molecule has 2 aromatic heterocycles. The average molecular weight is 548 g/mol. The van der Waals surface area contributed by atoms with E-state index in [-0.39, 0.29) is 11.0 Å². The standard InChI is InChI=1S/C32H45N5OS/c1-21-16-25(17-29-37-27(20-39-29)26-18-36-28(19-35-26)31(3,4)5)22(2)15-24(21)11-12-33-13-14-34-30(23-9-10-23)38-32(6,7)8/h15-16,18-20,33-34H,9-14,17H2,1-8H3. The first-order valence-corrected chi connectivity index (χ1v) is 15.0. The summed E-state index contributed by atoms with van der Waals surface area (Å²) in [5.74, 6) is 0.991. The van der Waals surface area contributed by atoms with Gasteiger partial charge in [-0.3, -0.25) is 9.97 Å². The lowest BCUT2D eigenvalue weighted by Gasteiger charge is -2.24. The van der Waals surface area contributed by atoms with Crippen LogP contribution in [0.15, 0.2) is 41.4 Å². The summed E-state index contributed by atoms with van der Waals surface area (Å²) >= 11 is 1.69. The largest absolute Gasteiger partial charge is 0.474 e. The van der Waals surface area contributed by atoms with Crippen molar-refractivity contribution in [2.24, 2.45) is 0 Å². The van der Waals surface area contributed by atoms with Crippen LogP contribution >= 0.6 is 11.3 Å². The van der Waals surface area contributed by atoms with Gasteiger partial charge in [0.1, 0.15) is 17.0 Å². The molecule has 1 aliphatic rings. The van der Waals surface area contributed by atoms with Crippen molar-refractivity contribution in [3.05, 3.63) is 74.3 Å². The van der Waals surface area contributed by atoms with E-state index in [2.05, 4.69) is 93.5 Å². The quantitative estimate of drug-likeness (QED) is 0.207. The normalized spacial score (nSPS) is 13.5. The van der Waals surface area contributed by atoms with Gasteiger partial charge in [0.25, 0.3) is 0 Å². The average Bonchev–Trinajstić information content (AvgIpc) is 3.60. The number of rotatable bonds is 11. The number of benzene rings is 1. The van der Waals surface area contributed by atoms with E-state index < -0.39 is 0 Å². The molecule has 2 N–H and O–H groups in total. The zero-order valence-corrected chi connectivity index (χ0v) is 25.8. The summed E-state index contributed by atoms with van der Waals surface area (Å²) in [7, 11) is 0. The van der Waals surface area contributed by atoms with Gasteiger partial charge in [-0.15, -0.1) is 11.3 Å². The number of aromatic nitrogens is 3. The van der Waals surface area contributed by atoms with Crippen molar-refractivity contribution >= 4 is 11.3 Å². The van der Waals surface area contributed by atoms with Gasteiger partial charge < -0.3 is 15.4 Å². The number of nitrogens with one attached hydrogen (secondary N) is 2. The highest BCUT2D eigenvalue weighted by molar-refractivity contribution is 7.10. The number of aryl methyl sites for hydroxylation is 2. The Kier molecular flexibility index (Phi) is 9.12. The number of allylic oxidation sites excluding steroid dienone is 1. The Hall–Kier alpha value is -2.77. The summed E-state index contributed by atoms with van der Waals surface area (Å²) in [6.07, 6.45) is 7.88. The van der Waals surface area contributed by atoms with E-state index in [4.69, 9.17) is 9.72 Å². The first-order chi connectivity index (χ1) is 18.4. The molecule has 1 saturated carbocycles. The van der Waals surface area contributed by atoms with Gasteiger partial charge in [-0.1, -0.05) is 32.9 Å². The van der Waals surface area contributed by atoms with E-state index in [9.17, 15) is 0 Å². The highest BCUT2D eigenvalue weighted by atomic mass is 32.1. The van der Waals surface area contributed by atoms with Gasteiger partial charge in [-0.05, 0) is 88.3 Å². The van der Waals surface area contributed by atoms with E-state index >= 15 is 0 Å². The number of ether oxygens (including phenoxy) is 1. The van der Waals surface area contributed by atoms with Crippen LogP contribution in [0.3, 0.4) is 0 Å². The summed E-state index contributed by atoms with van der Waals surface area (Å²) in [4.78, 5) is 14.1. The van der Waals surface area contributed by atoms with E-state index in [0.717, 1.165) is 73.3 Å². The fourth-order valence-corrected chi connectivity index (χ4v) is 5.17. The van der Waals surface area contributed by atoms with Gasteiger partial charge in [0, 0.05) is 36.5 Å². The Labute approximate surface area is 238 Å². The Bertz CT molecular complexity index is 1290. The third-order valence-corrected chi connectivity index (χ3v) is 7.61. The third kappa shape index (κ3) is 8.61. The highest BCUT2D eigenvalue weighted by Crippen LogP contribution is 2.32. The fourth-order valence-electron chi connectivity index (χ4n) is 4.36. The van der Waals surface area contributed by atoms with Gasteiger partial charge in [0.05, 0.1) is 16.9 Å². The molecular formula is C32H45N5OS. The smallest absolute Gasteiger partial charge is 0.186 e. The number of hydrogen-bond donors (Lipinski definition) is 2. The summed E-state index contributed by atoms with van der Waals surface area (Å²) in [5, 5.41) is 10.3. The SMILES string of the molecule is Cc1cc(Cc2nc(-c3cnc(C(C)(C)C)cn3)cs2)c(C)cc1CCNCCNC(OC(C)(C)C)=C1CC1. The van der Waals surface area contributed by atoms with Crippen LogP contribution in [-0.2, 0) is 23.0 Å². The zero-order valence-electron chi connectivity index (χ0n) is 25.0. The lowest BCUT2D eigenvalue weighted by atomic mass is 9.93. The van der Waals surface area contributed by atoms with Gasteiger partial charge in [0.15, 0.2) is 5.88 Å².